The van der Waals surface area contributed by atoms with Crippen molar-refractivity contribution in [3.63, 3.8) is 0 Å². The summed E-state index contributed by atoms with van der Waals surface area (Å²) in [7, 11) is 0. The van der Waals surface area contributed by atoms with Crippen molar-refractivity contribution in [2.24, 2.45) is 0 Å². The fourth-order valence-electron chi connectivity index (χ4n) is 1.65. The van der Waals surface area contributed by atoms with Gasteiger partial charge in [0.1, 0.15) is 6.54 Å². The summed E-state index contributed by atoms with van der Waals surface area (Å²) in [6.45, 7) is 4.03. The van der Waals surface area contributed by atoms with E-state index in [1.165, 1.54) is 0 Å². The first-order chi connectivity index (χ1) is 8.08. The van der Waals surface area contributed by atoms with Gasteiger partial charge in [0, 0.05) is 12.2 Å². The van der Waals surface area contributed by atoms with Crippen molar-refractivity contribution in [1.29, 1.82) is 0 Å². The number of carbonyl (C=O) groups is 1. The molecule has 90 valence electrons. The average molecular weight is 250 g/mol. The number of hydrogen-bond acceptors (Lipinski definition) is 3. The predicted octanol–water partition coefficient (Wildman–Crippen LogP) is 1.62. The number of aromatic amines is 1. The van der Waals surface area contributed by atoms with E-state index in [0.717, 1.165) is 5.52 Å². The Morgan fingerprint density at radius 3 is 3.12 bits per heavy atom. The van der Waals surface area contributed by atoms with Crippen LogP contribution in [0.25, 0.3) is 11.2 Å². The third kappa shape index (κ3) is 2.52. The molecule has 2 N–H and O–H groups in total. The molecule has 0 bridgehead atoms. The summed E-state index contributed by atoms with van der Waals surface area (Å²) >= 11 is 5.17. The molecule has 0 aliphatic rings. The van der Waals surface area contributed by atoms with Gasteiger partial charge in [-0.25, -0.2) is 4.98 Å². The van der Waals surface area contributed by atoms with Crippen molar-refractivity contribution in [2.45, 2.75) is 26.4 Å². The van der Waals surface area contributed by atoms with Crippen LogP contribution >= 0.6 is 12.2 Å². The molecule has 0 aliphatic heterocycles. The molecule has 2 aromatic rings. The van der Waals surface area contributed by atoms with Gasteiger partial charge in [0.2, 0.25) is 5.91 Å². The van der Waals surface area contributed by atoms with Gasteiger partial charge >= 0.3 is 0 Å². The molecule has 0 unspecified atom stereocenters. The predicted molar refractivity (Wildman–Crippen MR) is 68.2 cm³/mol. The first kappa shape index (κ1) is 11.8. The highest BCUT2D eigenvalue weighted by molar-refractivity contribution is 7.71. The number of nitrogens with one attached hydrogen (secondary N) is 2. The number of imidazole rings is 1. The third-order valence-electron chi connectivity index (χ3n) is 2.28. The smallest absolute Gasteiger partial charge is 0.240 e. The van der Waals surface area contributed by atoms with Gasteiger partial charge in [0.25, 0.3) is 0 Å². The Morgan fingerprint density at radius 1 is 1.65 bits per heavy atom. The Kier molecular flexibility index (Phi) is 3.23. The van der Waals surface area contributed by atoms with Crippen molar-refractivity contribution in [3.8, 4) is 0 Å². The number of aromatic nitrogens is 3. The first-order valence-corrected chi connectivity index (χ1v) is 5.81. The lowest BCUT2D eigenvalue weighted by Gasteiger charge is -2.08. The summed E-state index contributed by atoms with van der Waals surface area (Å²) in [5, 5.41) is 2.83. The number of rotatable bonds is 3. The molecule has 17 heavy (non-hydrogen) atoms. The van der Waals surface area contributed by atoms with E-state index in [0.29, 0.717) is 10.4 Å². The number of nitrogens with zero attached hydrogens (tertiary/aromatic N) is 2. The molecule has 6 heteroatoms. The Bertz CT molecular complexity index is 599. The minimum atomic E-state index is -0.0670. The van der Waals surface area contributed by atoms with E-state index in [9.17, 15) is 4.79 Å². The first-order valence-electron chi connectivity index (χ1n) is 5.41. The molecule has 2 heterocycles. The fourth-order valence-corrected chi connectivity index (χ4v) is 1.91. The zero-order valence-corrected chi connectivity index (χ0v) is 10.5. The molecule has 5 nitrogen and oxygen atoms in total. The number of hydrogen-bond donors (Lipinski definition) is 2. The van der Waals surface area contributed by atoms with E-state index in [2.05, 4.69) is 15.3 Å². The van der Waals surface area contributed by atoms with Crippen molar-refractivity contribution in [2.75, 3.05) is 0 Å². The van der Waals surface area contributed by atoms with Gasteiger partial charge in [-0.15, -0.1) is 0 Å². The van der Waals surface area contributed by atoms with Crippen molar-refractivity contribution >= 4 is 29.3 Å². The molecule has 0 aliphatic carbocycles. The molecule has 2 rings (SSSR count). The van der Waals surface area contributed by atoms with Gasteiger partial charge < -0.3 is 10.3 Å². The molecule has 0 spiro atoms. The maximum absolute atomic E-state index is 11.7. The lowest BCUT2D eigenvalue weighted by atomic mass is 10.4. The number of pyridine rings is 1. The maximum atomic E-state index is 11.7. The van der Waals surface area contributed by atoms with Crippen LogP contribution in [0.4, 0.5) is 0 Å². The Labute approximate surface area is 104 Å². The van der Waals surface area contributed by atoms with Crippen LogP contribution in [0.15, 0.2) is 18.3 Å². The summed E-state index contributed by atoms with van der Waals surface area (Å²) in [6.07, 6.45) is 1.68. The average Bonchev–Trinajstić information content (AvgIpc) is 2.55. The largest absolute Gasteiger partial charge is 0.352 e. The molecular formula is C11H14N4OS. The van der Waals surface area contributed by atoms with Gasteiger partial charge in [0.05, 0.1) is 5.52 Å². The van der Waals surface area contributed by atoms with E-state index >= 15 is 0 Å². The second kappa shape index (κ2) is 4.67. The Balaban J connectivity index is 2.32. The van der Waals surface area contributed by atoms with E-state index in [1.54, 1.807) is 10.8 Å². The standard InChI is InChI=1S/C11H14N4OS/c1-7(2)13-9(16)6-15-10-8(14-11(15)17)4-3-5-12-10/h3-5,7H,6H2,1-2H3,(H,13,16)(H,14,17). The lowest BCUT2D eigenvalue weighted by molar-refractivity contribution is -0.122. The van der Waals surface area contributed by atoms with E-state index < -0.39 is 0 Å². The second-order valence-corrected chi connectivity index (χ2v) is 4.50. The molecule has 0 aromatic carbocycles. The molecule has 0 saturated carbocycles. The SMILES string of the molecule is CC(C)NC(=O)Cn1c(=S)[nH]c2cccnc21. The highest BCUT2D eigenvalue weighted by Crippen LogP contribution is 2.10. The molecule has 0 saturated heterocycles. The molecule has 0 atom stereocenters. The summed E-state index contributed by atoms with van der Waals surface area (Å²) in [5.41, 5.74) is 1.55. The van der Waals surface area contributed by atoms with Crippen LogP contribution < -0.4 is 5.32 Å². The van der Waals surface area contributed by atoms with Crippen LogP contribution in [0.1, 0.15) is 13.8 Å². The number of fused-ring (bicyclic) bond motifs is 1. The molecule has 0 radical (unpaired) electrons. The topological polar surface area (TPSA) is 62.7 Å². The number of amides is 1. The van der Waals surface area contributed by atoms with Crippen LogP contribution in [0, 0.1) is 4.77 Å². The van der Waals surface area contributed by atoms with Crippen molar-refractivity contribution < 1.29 is 4.79 Å². The molecular weight excluding hydrogens is 236 g/mol. The third-order valence-corrected chi connectivity index (χ3v) is 2.60. The highest BCUT2D eigenvalue weighted by Gasteiger charge is 2.09. The van der Waals surface area contributed by atoms with Crippen molar-refractivity contribution in [3.05, 3.63) is 23.1 Å². The Morgan fingerprint density at radius 2 is 2.41 bits per heavy atom. The van der Waals surface area contributed by atoms with E-state index in [4.69, 9.17) is 12.2 Å². The minimum absolute atomic E-state index is 0.0670. The Hall–Kier alpha value is -1.69. The van der Waals surface area contributed by atoms with Gasteiger partial charge in [-0.05, 0) is 38.2 Å². The summed E-state index contributed by atoms with van der Waals surface area (Å²) < 4.78 is 2.21. The highest BCUT2D eigenvalue weighted by atomic mass is 32.1. The maximum Gasteiger partial charge on any atom is 0.240 e. The monoisotopic (exact) mass is 250 g/mol. The lowest BCUT2D eigenvalue weighted by Crippen LogP contribution is -2.33. The van der Waals surface area contributed by atoms with E-state index in [-0.39, 0.29) is 18.5 Å². The minimum Gasteiger partial charge on any atom is -0.352 e. The van der Waals surface area contributed by atoms with Crippen LogP contribution in [0.5, 0.6) is 0 Å². The molecule has 1 amide bonds. The van der Waals surface area contributed by atoms with Crippen LogP contribution in [0.3, 0.4) is 0 Å². The van der Waals surface area contributed by atoms with Gasteiger partial charge in [-0.1, -0.05) is 0 Å². The van der Waals surface area contributed by atoms with Crippen LogP contribution in [0.2, 0.25) is 0 Å². The normalized spacial score (nSPS) is 11.0. The van der Waals surface area contributed by atoms with Gasteiger partial charge in [0.15, 0.2) is 10.4 Å². The van der Waals surface area contributed by atoms with Crippen LogP contribution in [-0.4, -0.2) is 26.5 Å². The van der Waals surface area contributed by atoms with Crippen molar-refractivity contribution in [1.82, 2.24) is 19.9 Å². The zero-order chi connectivity index (χ0) is 12.4. The quantitative estimate of drug-likeness (QED) is 0.814. The fraction of sp³-hybridized carbons (Fsp3) is 0.364. The summed E-state index contributed by atoms with van der Waals surface area (Å²) in [5.74, 6) is -0.0670. The second-order valence-electron chi connectivity index (χ2n) is 4.11. The zero-order valence-electron chi connectivity index (χ0n) is 9.73. The summed E-state index contributed by atoms with van der Waals surface area (Å²) in [6, 6.07) is 3.83. The van der Waals surface area contributed by atoms with Gasteiger partial charge in [-0.3, -0.25) is 9.36 Å². The van der Waals surface area contributed by atoms with Crippen LogP contribution in [-0.2, 0) is 11.3 Å². The number of carbonyl (C=O) groups excluding carboxylic acids is 1. The molecule has 2 aromatic heterocycles. The number of H-pyrrole nitrogens is 1. The van der Waals surface area contributed by atoms with Gasteiger partial charge in [-0.2, -0.15) is 0 Å². The van der Waals surface area contributed by atoms with E-state index in [1.807, 2.05) is 26.0 Å². The summed E-state index contributed by atoms with van der Waals surface area (Å²) in [4.78, 5) is 18.9. The molecule has 0 fully saturated rings.